The predicted molar refractivity (Wildman–Crippen MR) is 80.4 cm³/mol. The monoisotopic (exact) mass is 273 g/mol. The molecule has 0 radical (unpaired) electrons. The summed E-state index contributed by atoms with van der Waals surface area (Å²) >= 11 is 0. The van der Waals surface area contributed by atoms with Crippen molar-refractivity contribution >= 4 is 11.6 Å². The molecule has 20 heavy (non-hydrogen) atoms. The summed E-state index contributed by atoms with van der Waals surface area (Å²) in [7, 11) is 0. The Morgan fingerprint density at radius 3 is 2.70 bits per heavy atom. The molecule has 1 aromatic rings. The van der Waals surface area contributed by atoms with Crippen LogP contribution in [0.2, 0.25) is 0 Å². The van der Waals surface area contributed by atoms with Crippen molar-refractivity contribution in [1.29, 1.82) is 0 Å². The van der Waals surface area contributed by atoms with Gasteiger partial charge in [0.25, 0.3) is 0 Å². The Hall–Kier alpha value is -1.55. The molecule has 1 aliphatic heterocycles. The molecule has 1 heterocycles. The molecule has 0 atom stereocenters. The first-order chi connectivity index (χ1) is 9.73. The molecule has 3 rings (SSSR count). The maximum Gasteiger partial charge on any atom is 0.240 e. The number of rotatable bonds is 3. The lowest BCUT2D eigenvalue weighted by Crippen LogP contribution is -2.38. The second-order valence-corrected chi connectivity index (χ2v) is 6.03. The Labute approximate surface area is 120 Å². The molecule has 1 aromatic carbocycles. The van der Waals surface area contributed by atoms with E-state index in [1.807, 2.05) is 5.01 Å². The highest BCUT2D eigenvalue weighted by Crippen LogP contribution is 2.39. The molecule has 0 unspecified atom stereocenters. The largest absolute Gasteiger partial charge is 0.330 e. The zero-order valence-corrected chi connectivity index (χ0v) is 11.9. The number of hydrogen-bond acceptors (Lipinski definition) is 3. The first-order valence-corrected chi connectivity index (χ1v) is 7.61. The maximum atomic E-state index is 11.4. The lowest BCUT2D eigenvalue weighted by molar-refractivity contribution is -0.119. The molecule has 2 fully saturated rings. The van der Waals surface area contributed by atoms with Crippen LogP contribution in [0.5, 0.6) is 0 Å². The second kappa shape index (κ2) is 5.44. The summed E-state index contributed by atoms with van der Waals surface area (Å²) in [6.07, 6.45) is 6.79. The van der Waals surface area contributed by atoms with Crippen molar-refractivity contribution < 1.29 is 4.79 Å². The summed E-state index contributed by atoms with van der Waals surface area (Å²) in [6.45, 7) is 1.46. The summed E-state index contributed by atoms with van der Waals surface area (Å²) in [5.74, 6) is 0.0987. The van der Waals surface area contributed by atoms with Gasteiger partial charge < -0.3 is 5.73 Å². The smallest absolute Gasteiger partial charge is 0.240 e. The first-order valence-electron chi connectivity index (χ1n) is 7.61. The van der Waals surface area contributed by atoms with Gasteiger partial charge in [0.1, 0.15) is 0 Å². The van der Waals surface area contributed by atoms with Gasteiger partial charge in [-0.2, -0.15) is 0 Å². The van der Waals surface area contributed by atoms with E-state index in [2.05, 4.69) is 29.7 Å². The van der Waals surface area contributed by atoms with Gasteiger partial charge in [0, 0.05) is 24.9 Å². The van der Waals surface area contributed by atoms with Gasteiger partial charge in [-0.15, -0.1) is 0 Å². The minimum Gasteiger partial charge on any atom is -0.330 e. The fourth-order valence-electron chi connectivity index (χ4n) is 3.51. The number of anilines is 1. The van der Waals surface area contributed by atoms with Crippen LogP contribution < -0.4 is 16.2 Å². The van der Waals surface area contributed by atoms with E-state index in [-0.39, 0.29) is 11.3 Å². The van der Waals surface area contributed by atoms with Crippen molar-refractivity contribution in [2.45, 2.75) is 43.9 Å². The number of benzene rings is 1. The third-order valence-corrected chi connectivity index (χ3v) is 4.79. The number of amides is 1. The van der Waals surface area contributed by atoms with E-state index in [4.69, 9.17) is 5.73 Å². The molecule has 1 saturated carbocycles. The van der Waals surface area contributed by atoms with Crippen molar-refractivity contribution in [2.75, 3.05) is 18.1 Å². The third-order valence-electron chi connectivity index (χ3n) is 4.79. The topological polar surface area (TPSA) is 58.4 Å². The molecule has 0 spiro atoms. The fourth-order valence-corrected chi connectivity index (χ4v) is 3.51. The standard InChI is InChI=1S/C16H23N3O/c17-12-16(8-2-1-3-9-16)13-5-4-6-14(11-13)19-10-7-15(20)18-19/h4-6,11H,1-3,7-10,12,17H2,(H,18,20). The number of nitrogens with zero attached hydrogens (tertiary/aromatic N) is 1. The molecule has 0 aromatic heterocycles. The number of carbonyl (C=O) groups is 1. The summed E-state index contributed by atoms with van der Waals surface area (Å²) in [5.41, 5.74) is 11.6. The zero-order chi connectivity index (χ0) is 14.0. The molecular formula is C16H23N3O. The molecule has 1 saturated heterocycles. The third kappa shape index (κ3) is 2.40. The molecule has 108 valence electrons. The van der Waals surface area contributed by atoms with Crippen molar-refractivity contribution in [3.8, 4) is 0 Å². The maximum absolute atomic E-state index is 11.4. The lowest BCUT2D eigenvalue weighted by atomic mass is 9.69. The van der Waals surface area contributed by atoms with E-state index >= 15 is 0 Å². The molecular weight excluding hydrogens is 250 g/mol. The van der Waals surface area contributed by atoms with Crippen LogP contribution in [0.15, 0.2) is 24.3 Å². The van der Waals surface area contributed by atoms with E-state index < -0.39 is 0 Å². The van der Waals surface area contributed by atoms with E-state index in [0.717, 1.165) is 12.2 Å². The minimum atomic E-state index is 0.0987. The van der Waals surface area contributed by atoms with Crippen LogP contribution in [-0.2, 0) is 10.2 Å². The lowest BCUT2D eigenvalue weighted by Gasteiger charge is -2.37. The van der Waals surface area contributed by atoms with Gasteiger partial charge in [-0.1, -0.05) is 31.4 Å². The highest BCUT2D eigenvalue weighted by molar-refractivity contribution is 5.81. The van der Waals surface area contributed by atoms with Crippen LogP contribution >= 0.6 is 0 Å². The van der Waals surface area contributed by atoms with E-state index in [0.29, 0.717) is 13.0 Å². The van der Waals surface area contributed by atoms with Gasteiger partial charge in [-0.25, -0.2) is 0 Å². The average molecular weight is 273 g/mol. The molecule has 4 nitrogen and oxygen atoms in total. The number of hydrazine groups is 1. The number of nitrogens with two attached hydrogens (primary N) is 1. The van der Waals surface area contributed by atoms with Gasteiger partial charge in [-0.3, -0.25) is 15.2 Å². The average Bonchev–Trinajstić information content (AvgIpc) is 2.95. The van der Waals surface area contributed by atoms with Crippen molar-refractivity contribution in [3.63, 3.8) is 0 Å². The Balaban J connectivity index is 1.88. The Morgan fingerprint density at radius 2 is 2.05 bits per heavy atom. The molecule has 1 amide bonds. The molecule has 2 aliphatic rings. The fraction of sp³-hybridized carbons (Fsp3) is 0.562. The second-order valence-electron chi connectivity index (χ2n) is 6.03. The summed E-state index contributed by atoms with van der Waals surface area (Å²) in [5, 5.41) is 1.94. The van der Waals surface area contributed by atoms with Crippen LogP contribution in [0.1, 0.15) is 44.1 Å². The quantitative estimate of drug-likeness (QED) is 0.886. The van der Waals surface area contributed by atoms with Gasteiger partial charge in [0.15, 0.2) is 0 Å². The minimum absolute atomic E-state index is 0.0987. The molecule has 3 N–H and O–H groups in total. The van der Waals surface area contributed by atoms with E-state index in [1.54, 1.807) is 0 Å². The first kappa shape index (κ1) is 13.4. The van der Waals surface area contributed by atoms with Crippen molar-refractivity contribution in [2.24, 2.45) is 5.73 Å². The normalized spacial score (nSPS) is 21.9. The SMILES string of the molecule is NCC1(c2cccc(N3CCC(=O)N3)c2)CCCCC1. The van der Waals surface area contributed by atoms with Gasteiger partial charge >= 0.3 is 0 Å². The van der Waals surface area contributed by atoms with Gasteiger partial charge in [0.05, 0.1) is 5.69 Å². The van der Waals surface area contributed by atoms with Crippen molar-refractivity contribution in [3.05, 3.63) is 29.8 Å². The van der Waals surface area contributed by atoms with E-state index in [9.17, 15) is 4.79 Å². The van der Waals surface area contributed by atoms with Crippen LogP contribution in [0.4, 0.5) is 5.69 Å². The molecule has 1 aliphatic carbocycles. The van der Waals surface area contributed by atoms with E-state index in [1.165, 1.54) is 37.7 Å². The number of hydrogen-bond donors (Lipinski definition) is 2. The van der Waals surface area contributed by atoms with Crippen LogP contribution in [0, 0.1) is 0 Å². The predicted octanol–water partition coefficient (Wildman–Crippen LogP) is 2.09. The highest BCUT2D eigenvalue weighted by atomic mass is 16.2. The van der Waals surface area contributed by atoms with Gasteiger partial charge in [0.2, 0.25) is 5.91 Å². The number of nitrogens with one attached hydrogen (secondary N) is 1. The Kier molecular flexibility index (Phi) is 3.66. The Bertz CT molecular complexity index is 494. The molecule has 0 bridgehead atoms. The zero-order valence-electron chi connectivity index (χ0n) is 11.9. The summed E-state index contributed by atoms with van der Waals surface area (Å²) in [6, 6.07) is 8.55. The van der Waals surface area contributed by atoms with Crippen LogP contribution in [-0.4, -0.2) is 19.0 Å². The summed E-state index contributed by atoms with van der Waals surface area (Å²) < 4.78 is 0. The van der Waals surface area contributed by atoms with Gasteiger partial charge in [-0.05, 0) is 30.5 Å². The molecule has 4 heteroatoms. The van der Waals surface area contributed by atoms with Crippen LogP contribution in [0.25, 0.3) is 0 Å². The Morgan fingerprint density at radius 1 is 1.25 bits per heavy atom. The number of carbonyl (C=O) groups excluding carboxylic acids is 1. The van der Waals surface area contributed by atoms with Crippen LogP contribution in [0.3, 0.4) is 0 Å². The highest BCUT2D eigenvalue weighted by Gasteiger charge is 2.33. The summed E-state index contributed by atoms with van der Waals surface area (Å²) in [4.78, 5) is 11.4. The van der Waals surface area contributed by atoms with Crippen molar-refractivity contribution in [1.82, 2.24) is 5.43 Å².